The molecule has 0 spiro atoms. The van der Waals surface area contributed by atoms with Gasteiger partial charge in [0.05, 0.1) is 5.52 Å². The number of carbonyl (C=O) groups excluding carboxylic acids is 1. The van der Waals surface area contributed by atoms with Gasteiger partial charge in [0.25, 0.3) is 0 Å². The van der Waals surface area contributed by atoms with Crippen LogP contribution in [0.1, 0.15) is 19.4 Å². The Bertz CT molecular complexity index is 894. The van der Waals surface area contributed by atoms with Crippen molar-refractivity contribution in [3.63, 3.8) is 0 Å². The predicted molar refractivity (Wildman–Crippen MR) is 92.6 cm³/mol. The highest BCUT2D eigenvalue weighted by Crippen LogP contribution is 2.14. The van der Waals surface area contributed by atoms with E-state index < -0.39 is 5.76 Å². The molecule has 2 aromatic carbocycles. The molecule has 0 fully saturated rings. The van der Waals surface area contributed by atoms with E-state index in [4.69, 9.17) is 4.42 Å². The van der Waals surface area contributed by atoms with Gasteiger partial charge in [-0.05, 0) is 31.5 Å². The van der Waals surface area contributed by atoms with Gasteiger partial charge >= 0.3 is 5.76 Å². The predicted octanol–water partition coefficient (Wildman–Crippen LogP) is 3.03. The van der Waals surface area contributed by atoms with Crippen molar-refractivity contribution in [2.75, 3.05) is 0 Å². The fourth-order valence-electron chi connectivity index (χ4n) is 2.73. The van der Waals surface area contributed by atoms with Crippen LogP contribution in [0.3, 0.4) is 0 Å². The molecule has 1 amide bonds. The highest BCUT2D eigenvalue weighted by atomic mass is 16.4. The fourth-order valence-corrected chi connectivity index (χ4v) is 2.73. The Morgan fingerprint density at radius 2 is 1.75 bits per heavy atom. The first-order valence-corrected chi connectivity index (χ1v) is 7.98. The summed E-state index contributed by atoms with van der Waals surface area (Å²) < 4.78 is 6.58. The molecule has 0 atom stereocenters. The normalized spacial score (nSPS) is 11.1. The monoisotopic (exact) mass is 324 g/mol. The van der Waals surface area contributed by atoms with Crippen molar-refractivity contribution < 1.29 is 9.21 Å². The van der Waals surface area contributed by atoms with Gasteiger partial charge in [-0.25, -0.2) is 4.79 Å². The molecule has 0 bridgehead atoms. The Kier molecular flexibility index (Phi) is 4.51. The SMILES string of the molecule is CC(C)N(Cc1ccccc1)C(=O)Cn1c(=O)oc2ccccc21. The standard InChI is InChI=1S/C19H20N2O3/c1-14(2)20(12-15-8-4-3-5-9-15)18(22)13-21-16-10-6-7-11-17(16)24-19(21)23/h3-11,14H,12-13H2,1-2H3. The second-order valence-corrected chi connectivity index (χ2v) is 6.02. The van der Waals surface area contributed by atoms with Crippen LogP contribution in [0.5, 0.6) is 0 Å². The summed E-state index contributed by atoms with van der Waals surface area (Å²) in [6.07, 6.45) is 0. The second kappa shape index (κ2) is 6.74. The van der Waals surface area contributed by atoms with E-state index in [2.05, 4.69) is 0 Å². The Morgan fingerprint density at radius 3 is 2.46 bits per heavy atom. The van der Waals surface area contributed by atoms with Crippen molar-refractivity contribution in [2.24, 2.45) is 0 Å². The third-order valence-corrected chi connectivity index (χ3v) is 4.01. The fraction of sp³-hybridized carbons (Fsp3) is 0.263. The molecule has 5 nitrogen and oxygen atoms in total. The Labute approximate surface area is 140 Å². The number of aromatic nitrogens is 1. The minimum Gasteiger partial charge on any atom is -0.408 e. The summed E-state index contributed by atoms with van der Waals surface area (Å²) in [5.41, 5.74) is 2.19. The van der Waals surface area contributed by atoms with Gasteiger partial charge in [0.1, 0.15) is 6.54 Å². The first-order chi connectivity index (χ1) is 11.6. The number of amides is 1. The lowest BCUT2D eigenvalue weighted by molar-refractivity contribution is -0.134. The van der Waals surface area contributed by atoms with Gasteiger partial charge in [0.15, 0.2) is 5.58 Å². The maximum atomic E-state index is 12.8. The first kappa shape index (κ1) is 16.1. The van der Waals surface area contributed by atoms with Gasteiger partial charge in [-0.15, -0.1) is 0 Å². The van der Waals surface area contributed by atoms with Gasteiger partial charge < -0.3 is 9.32 Å². The van der Waals surface area contributed by atoms with Crippen molar-refractivity contribution in [1.82, 2.24) is 9.47 Å². The van der Waals surface area contributed by atoms with Crippen LogP contribution in [-0.4, -0.2) is 21.4 Å². The largest absolute Gasteiger partial charge is 0.420 e. The highest BCUT2D eigenvalue weighted by molar-refractivity contribution is 5.79. The number of fused-ring (bicyclic) bond motifs is 1. The number of benzene rings is 2. The minimum atomic E-state index is -0.507. The highest BCUT2D eigenvalue weighted by Gasteiger charge is 2.20. The second-order valence-electron chi connectivity index (χ2n) is 6.02. The summed E-state index contributed by atoms with van der Waals surface area (Å²) in [7, 11) is 0. The molecule has 0 aliphatic rings. The summed E-state index contributed by atoms with van der Waals surface area (Å²) in [4.78, 5) is 26.6. The van der Waals surface area contributed by atoms with Gasteiger partial charge in [0, 0.05) is 12.6 Å². The molecular weight excluding hydrogens is 304 g/mol. The van der Waals surface area contributed by atoms with Crippen LogP contribution in [0.2, 0.25) is 0 Å². The Balaban J connectivity index is 1.85. The molecule has 0 N–H and O–H groups in total. The molecule has 124 valence electrons. The quantitative estimate of drug-likeness (QED) is 0.725. The average Bonchev–Trinajstić information content (AvgIpc) is 2.89. The van der Waals surface area contributed by atoms with E-state index in [1.54, 1.807) is 23.1 Å². The van der Waals surface area contributed by atoms with Gasteiger partial charge in [-0.3, -0.25) is 9.36 Å². The third kappa shape index (κ3) is 3.25. The molecule has 0 radical (unpaired) electrons. The maximum Gasteiger partial charge on any atom is 0.420 e. The third-order valence-electron chi connectivity index (χ3n) is 4.01. The van der Waals surface area contributed by atoms with E-state index in [-0.39, 0.29) is 18.5 Å². The number of carbonyl (C=O) groups is 1. The van der Waals surface area contributed by atoms with E-state index in [0.29, 0.717) is 17.6 Å². The summed E-state index contributed by atoms with van der Waals surface area (Å²) in [5, 5.41) is 0. The lowest BCUT2D eigenvalue weighted by Crippen LogP contribution is -2.39. The minimum absolute atomic E-state index is 0.0269. The van der Waals surface area contributed by atoms with Crippen molar-refractivity contribution in [3.8, 4) is 0 Å². The molecule has 0 unspecified atom stereocenters. The van der Waals surface area contributed by atoms with E-state index >= 15 is 0 Å². The number of nitrogens with zero attached hydrogens (tertiary/aromatic N) is 2. The van der Waals surface area contributed by atoms with Crippen LogP contribution < -0.4 is 5.76 Å². The molecule has 1 heterocycles. The van der Waals surface area contributed by atoms with Crippen molar-refractivity contribution >= 4 is 17.0 Å². The lowest BCUT2D eigenvalue weighted by atomic mass is 10.2. The Morgan fingerprint density at radius 1 is 1.08 bits per heavy atom. The summed E-state index contributed by atoms with van der Waals surface area (Å²) in [6.45, 7) is 4.43. The van der Waals surface area contributed by atoms with Gasteiger partial charge in [0.2, 0.25) is 5.91 Å². The molecule has 0 aliphatic heterocycles. The smallest absolute Gasteiger partial charge is 0.408 e. The summed E-state index contributed by atoms with van der Waals surface area (Å²) in [5.74, 6) is -0.615. The molecule has 3 aromatic rings. The van der Waals surface area contributed by atoms with E-state index in [0.717, 1.165) is 5.56 Å². The van der Waals surface area contributed by atoms with Gasteiger partial charge in [-0.1, -0.05) is 42.5 Å². The number of rotatable bonds is 5. The molecule has 24 heavy (non-hydrogen) atoms. The van der Waals surface area contributed by atoms with Crippen LogP contribution in [-0.2, 0) is 17.9 Å². The van der Waals surface area contributed by atoms with E-state index in [9.17, 15) is 9.59 Å². The molecule has 3 rings (SSSR count). The zero-order valence-electron chi connectivity index (χ0n) is 13.8. The summed E-state index contributed by atoms with van der Waals surface area (Å²) >= 11 is 0. The zero-order valence-corrected chi connectivity index (χ0v) is 13.8. The van der Waals surface area contributed by atoms with Crippen LogP contribution in [0.4, 0.5) is 0 Å². The number of hydrogen-bond donors (Lipinski definition) is 0. The Hall–Kier alpha value is -2.82. The molecule has 1 aromatic heterocycles. The average molecular weight is 324 g/mol. The van der Waals surface area contributed by atoms with Crippen molar-refractivity contribution in [3.05, 3.63) is 70.7 Å². The lowest BCUT2D eigenvalue weighted by Gasteiger charge is -2.27. The van der Waals surface area contributed by atoms with Crippen LogP contribution in [0.15, 0.2) is 63.8 Å². The molecule has 0 saturated carbocycles. The topological polar surface area (TPSA) is 55.5 Å². The number of para-hydroxylation sites is 2. The van der Waals surface area contributed by atoms with Crippen molar-refractivity contribution in [2.45, 2.75) is 33.0 Å². The van der Waals surface area contributed by atoms with Gasteiger partial charge in [-0.2, -0.15) is 0 Å². The van der Waals surface area contributed by atoms with E-state index in [1.165, 1.54) is 4.57 Å². The molecular formula is C19H20N2O3. The molecule has 5 heteroatoms. The number of oxazole rings is 1. The first-order valence-electron chi connectivity index (χ1n) is 7.98. The molecule has 0 saturated heterocycles. The molecule has 0 aliphatic carbocycles. The van der Waals surface area contributed by atoms with Crippen LogP contribution in [0.25, 0.3) is 11.1 Å². The van der Waals surface area contributed by atoms with Crippen LogP contribution in [0, 0.1) is 0 Å². The zero-order chi connectivity index (χ0) is 17.1. The number of hydrogen-bond acceptors (Lipinski definition) is 3. The van der Waals surface area contributed by atoms with E-state index in [1.807, 2.05) is 50.2 Å². The van der Waals surface area contributed by atoms with Crippen LogP contribution >= 0.6 is 0 Å². The summed E-state index contributed by atoms with van der Waals surface area (Å²) in [6, 6.07) is 17.0. The maximum absolute atomic E-state index is 12.8. The van der Waals surface area contributed by atoms with Crippen molar-refractivity contribution in [1.29, 1.82) is 0 Å².